The maximum absolute atomic E-state index is 4.48. The lowest BCUT2D eigenvalue weighted by atomic mass is 10.2. The number of unbranched alkanes of at least 4 members (excludes halogenated alkanes) is 1. The third-order valence-electron chi connectivity index (χ3n) is 2.66. The summed E-state index contributed by atoms with van der Waals surface area (Å²) in [5.74, 6) is 0. The van der Waals surface area contributed by atoms with E-state index in [2.05, 4.69) is 49.6 Å². The molecular formula is C13H21NS. The third-order valence-corrected chi connectivity index (χ3v) is 3.10. The van der Waals surface area contributed by atoms with Crippen molar-refractivity contribution in [1.29, 1.82) is 0 Å². The first-order valence-electron chi connectivity index (χ1n) is 5.77. The van der Waals surface area contributed by atoms with E-state index in [1.807, 2.05) is 6.07 Å². The molecule has 1 aromatic carbocycles. The first-order valence-corrected chi connectivity index (χ1v) is 6.21. The van der Waals surface area contributed by atoms with Crippen LogP contribution in [-0.4, -0.2) is 18.0 Å². The van der Waals surface area contributed by atoms with Gasteiger partial charge in [0.15, 0.2) is 0 Å². The summed E-state index contributed by atoms with van der Waals surface area (Å²) in [7, 11) is 0. The van der Waals surface area contributed by atoms with Crippen molar-refractivity contribution in [2.24, 2.45) is 0 Å². The van der Waals surface area contributed by atoms with Gasteiger partial charge in [-0.25, -0.2) is 0 Å². The summed E-state index contributed by atoms with van der Waals surface area (Å²) in [6.45, 7) is 7.78. The first kappa shape index (κ1) is 12.6. The number of rotatable bonds is 6. The average Bonchev–Trinajstić information content (AvgIpc) is 2.26. The molecule has 0 aliphatic rings. The Morgan fingerprint density at radius 1 is 1.20 bits per heavy atom. The molecule has 0 bridgehead atoms. The maximum Gasteiger partial charge on any atom is 0.0244 e. The van der Waals surface area contributed by atoms with E-state index in [1.165, 1.54) is 24.9 Å². The van der Waals surface area contributed by atoms with Crippen LogP contribution in [-0.2, 0) is 6.54 Å². The van der Waals surface area contributed by atoms with Gasteiger partial charge in [-0.1, -0.05) is 38.5 Å². The summed E-state index contributed by atoms with van der Waals surface area (Å²) in [6.07, 6.45) is 2.54. The number of thiol groups is 1. The zero-order valence-electron chi connectivity index (χ0n) is 9.74. The molecule has 0 aliphatic heterocycles. The highest BCUT2D eigenvalue weighted by molar-refractivity contribution is 7.80. The smallest absolute Gasteiger partial charge is 0.0244 e. The van der Waals surface area contributed by atoms with E-state index in [0.717, 1.165) is 18.0 Å². The van der Waals surface area contributed by atoms with E-state index in [1.54, 1.807) is 0 Å². The fraction of sp³-hybridized carbons (Fsp3) is 0.538. The zero-order chi connectivity index (χ0) is 11.1. The molecule has 15 heavy (non-hydrogen) atoms. The van der Waals surface area contributed by atoms with Crippen LogP contribution in [0.2, 0.25) is 0 Å². The fourth-order valence-corrected chi connectivity index (χ4v) is 1.85. The summed E-state index contributed by atoms with van der Waals surface area (Å²) in [5.41, 5.74) is 1.33. The van der Waals surface area contributed by atoms with Gasteiger partial charge in [0.05, 0.1) is 0 Å². The Hall–Kier alpha value is -0.470. The van der Waals surface area contributed by atoms with E-state index in [-0.39, 0.29) is 0 Å². The lowest BCUT2D eigenvalue weighted by molar-refractivity contribution is 0.273. The quantitative estimate of drug-likeness (QED) is 0.721. The number of hydrogen-bond donors (Lipinski definition) is 1. The van der Waals surface area contributed by atoms with Crippen molar-refractivity contribution in [3.05, 3.63) is 29.8 Å². The van der Waals surface area contributed by atoms with Crippen molar-refractivity contribution < 1.29 is 0 Å². The zero-order valence-corrected chi connectivity index (χ0v) is 10.6. The molecule has 0 spiro atoms. The number of hydrogen-bond acceptors (Lipinski definition) is 2. The van der Waals surface area contributed by atoms with Crippen LogP contribution in [0.5, 0.6) is 0 Å². The minimum atomic E-state index is 1.02. The van der Waals surface area contributed by atoms with Crippen LogP contribution in [0.15, 0.2) is 29.2 Å². The number of nitrogens with zero attached hydrogens (tertiary/aromatic N) is 1. The van der Waals surface area contributed by atoms with Gasteiger partial charge in [-0.05, 0) is 31.1 Å². The second-order valence-corrected chi connectivity index (χ2v) is 4.33. The SMILES string of the molecule is CCCCN(CC)Cc1ccccc1S. The predicted molar refractivity (Wildman–Crippen MR) is 69.6 cm³/mol. The molecule has 2 heteroatoms. The third kappa shape index (κ3) is 4.27. The lowest BCUT2D eigenvalue weighted by Crippen LogP contribution is -2.24. The van der Waals surface area contributed by atoms with Gasteiger partial charge in [0.1, 0.15) is 0 Å². The van der Waals surface area contributed by atoms with Crippen LogP contribution < -0.4 is 0 Å². The standard InChI is InChI=1S/C13H21NS/c1-3-5-10-14(4-2)11-12-8-6-7-9-13(12)15/h6-9,15H,3-5,10-11H2,1-2H3. The summed E-state index contributed by atoms with van der Waals surface area (Å²) in [4.78, 5) is 3.57. The van der Waals surface area contributed by atoms with Gasteiger partial charge < -0.3 is 0 Å². The van der Waals surface area contributed by atoms with Crippen LogP contribution in [0.25, 0.3) is 0 Å². The maximum atomic E-state index is 4.48. The van der Waals surface area contributed by atoms with Crippen molar-refractivity contribution in [3.8, 4) is 0 Å². The molecule has 1 aromatic rings. The Balaban J connectivity index is 2.54. The van der Waals surface area contributed by atoms with Gasteiger partial charge in [0.2, 0.25) is 0 Å². The minimum absolute atomic E-state index is 1.02. The van der Waals surface area contributed by atoms with Crippen LogP contribution in [0.3, 0.4) is 0 Å². The van der Waals surface area contributed by atoms with Crippen molar-refractivity contribution in [2.45, 2.75) is 38.1 Å². The van der Waals surface area contributed by atoms with E-state index in [0.29, 0.717) is 0 Å². The van der Waals surface area contributed by atoms with E-state index in [4.69, 9.17) is 0 Å². The van der Waals surface area contributed by atoms with E-state index < -0.39 is 0 Å². The van der Waals surface area contributed by atoms with Crippen molar-refractivity contribution in [1.82, 2.24) is 4.90 Å². The van der Waals surface area contributed by atoms with Crippen molar-refractivity contribution in [3.63, 3.8) is 0 Å². The average molecular weight is 223 g/mol. The predicted octanol–water partition coefficient (Wildman–Crippen LogP) is 3.60. The molecule has 0 aliphatic carbocycles. The molecule has 1 rings (SSSR count). The summed E-state index contributed by atoms with van der Waals surface area (Å²) >= 11 is 4.48. The molecule has 0 amide bonds. The molecule has 0 fully saturated rings. The molecule has 0 N–H and O–H groups in total. The van der Waals surface area contributed by atoms with E-state index >= 15 is 0 Å². The highest BCUT2D eigenvalue weighted by Crippen LogP contribution is 2.15. The van der Waals surface area contributed by atoms with Crippen LogP contribution in [0.4, 0.5) is 0 Å². The molecule has 1 nitrogen and oxygen atoms in total. The Labute approximate surface area is 98.9 Å². The van der Waals surface area contributed by atoms with Crippen molar-refractivity contribution >= 4 is 12.6 Å². The Bertz CT molecular complexity index is 286. The van der Waals surface area contributed by atoms with Gasteiger partial charge in [-0.2, -0.15) is 0 Å². The van der Waals surface area contributed by atoms with Crippen molar-refractivity contribution in [2.75, 3.05) is 13.1 Å². The fourth-order valence-electron chi connectivity index (χ4n) is 1.62. The summed E-state index contributed by atoms with van der Waals surface area (Å²) in [6, 6.07) is 8.35. The van der Waals surface area contributed by atoms with Crippen LogP contribution in [0, 0.1) is 0 Å². The highest BCUT2D eigenvalue weighted by Gasteiger charge is 2.04. The number of benzene rings is 1. The minimum Gasteiger partial charge on any atom is -0.299 e. The normalized spacial score (nSPS) is 10.9. The van der Waals surface area contributed by atoms with Gasteiger partial charge in [-0.15, -0.1) is 12.6 Å². The monoisotopic (exact) mass is 223 g/mol. The summed E-state index contributed by atoms with van der Waals surface area (Å²) < 4.78 is 0. The molecule has 0 aromatic heterocycles. The molecule has 0 unspecified atom stereocenters. The molecule has 0 saturated carbocycles. The summed E-state index contributed by atoms with van der Waals surface area (Å²) in [5, 5.41) is 0. The van der Waals surface area contributed by atoms with Gasteiger partial charge in [0.25, 0.3) is 0 Å². The van der Waals surface area contributed by atoms with Crippen LogP contribution in [0.1, 0.15) is 32.3 Å². The molecular weight excluding hydrogens is 202 g/mol. The lowest BCUT2D eigenvalue weighted by Gasteiger charge is -2.20. The second-order valence-electron chi connectivity index (χ2n) is 3.85. The molecule has 0 saturated heterocycles. The van der Waals surface area contributed by atoms with E-state index in [9.17, 15) is 0 Å². The van der Waals surface area contributed by atoms with Gasteiger partial charge in [0, 0.05) is 11.4 Å². The van der Waals surface area contributed by atoms with Crippen LogP contribution >= 0.6 is 12.6 Å². The highest BCUT2D eigenvalue weighted by atomic mass is 32.1. The topological polar surface area (TPSA) is 3.24 Å². The Morgan fingerprint density at radius 2 is 1.93 bits per heavy atom. The molecule has 0 atom stereocenters. The van der Waals surface area contributed by atoms with Gasteiger partial charge in [-0.3, -0.25) is 4.90 Å². The molecule has 0 radical (unpaired) electrons. The largest absolute Gasteiger partial charge is 0.299 e. The Morgan fingerprint density at radius 3 is 2.53 bits per heavy atom. The second kappa shape index (κ2) is 6.91. The van der Waals surface area contributed by atoms with Gasteiger partial charge >= 0.3 is 0 Å². The Kier molecular flexibility index (Phi) is 5.81. The molecule has 0 heterocycles. The molecule has 84 valence electrons. The first-order chi connectivity index (χ1) is 7.27.